The highest BCUT2D eigenvalue weighted by Crippen LogP contribution is 2.27. The highest BCUT2D eigenvalue weighted by atomic mass is 16.4. The smallest absolute Gasteiger partial charge is 0.337 e. The largest absolute Gasteiger partial charge is 0.478 e. The van der Waals surface area contributed by atoms with Gasteiger partial charge in [-0.2, -0.15) is 0 Å². The van der Waals surface area contributed by atoms with E-state index in [1.54, 1.807) is 18.3 Å². The van der Waals surface area contributed by atoms with Crippen LogP contribution in [0.4, 0.5) is 0 Å². The van der Waals surface area contributed by atoms with E-state index in [-0.39, 0.29) is 17.3 Å². The van der Waals surface area contributed by atoms with Crippen molar-refractivity contribution in [3.8, 4) is 11.3 Å². The van der Waals surface area contributed by atoms with Gasteiger partial charge in [-0.05, 0) is 37.0 Å². The number of carbonyl (C=O) groups excluding carboxylic acids is 1. The fourth-order valence-corrected chi connectivity index (χ4v) is 4.62. The number of carbonyl (C=O) groups is 2. The number of aryl methyl sites for hydroxylation is 1. The molecule has 0 unspecified atom stereocenters. The van der Waals surface area contributed by atoms with Crippen LogP contribution in [0.2, 0.25) is 0 Å². The first-order chi connectivity index (χ1) is 16.6. The number of hydrogen-bond acceptors (Lipinski definition) is 5. The minimum Gasteiger partial charge on any atom is -0.478 e. The molecule has 3 aromatic rings. The molecule has 0 spiro atoms. The Kier molecular flexibility index (Phi) is 7.83. The van der Waals surface area contributed by atoms with E-state index in [0.717, 1.165) is 68.3 Å². The van der Waals surface area contributed by atoms with Crippen molar-refractivity contribution in [2.45, 2.75) is 71.3 Å². The molecule has 1 aliphatic rings. The molecule has 7 heteroatoms. The molecule has 2 aromatic heterocycles. The normalized spacial score (nSPS) is 14.3. The molecule has 1 aliphatic carbocycles. The molecule has 34 heavy (non-hydrogen) atoms. The first kappa shape index (κ1) is 23.8. The zero-order valence-corrected chi connectivity index (χ0v) is 19.7. The number of carboxylic acid groups (broad SMARTS) is 1. The average Bonchev–Trinajstić information content (AvgIpc) is 3.27. The quantitative estimate of drug-likeness (QED) is 0.313. The van der Waals surface area contributed by atoms with Crippen molar-refractivity contribution in [2.75, 3.05) is 0 Å². The highest BCUT2D eigenvalue weighted by molar-refractivity contribution is 5.95. The van der Waals surface area contributed by atoms with Gasteiger partial charge in [-0.1, -0.05) is 63.3 Å². The van der Waals surface area contributed by atoms with Crippen molar-refractivity contribution in [2.24, 2.45) is 5.92 Å². The molecule has 1 N–H and O–H groups in total. The van der Waals surface area contributed by atoms with E-state index in [1.807, 2.05) is 28.9 Å². The Morgan fingerprint density at radius 3 is 2.53 bits per heavy atom. The maximum Gasteiger partial charge on any atom is 0.337 e. The number of Topliss-reactive ketones (excluding diaryl/α,β-unsaturated/α-hetero) is 1. The Labute approximate surface area is 200 Å². The third kappa shape index (κ3) is 5.58. The fourth-order valence-electron chi connectivity index (χ4n) is 4.62. The van der Waals surface area contributed by atoms with Crippen LogP contribution >= 0.6 is 0 Å². The Morgan fingerprint density at radius 2 is 1.82 bits per heavy atom. The molecule has 0 radical (unpaired) electrons. The number of aromatic nitrogens is 4. The highest BCUT2D eigenvalue weighted by Gasteiger charge is 2.26. The van der Waals surface area contributed by atoms with Gasteiger partial charge >= 0.3 is 5.97 Å². The van der Waals surface area contributed by atoms with Gasteiger partial charge in [-0.3, -0.25) is 9.78 Å². The molecule has 178 valence electrons. The van der Waals surface area contributed by atoms with E-state index in [9.17, 15) is 14.7 Å². The summed E-state index contributed by atoms with van der Waals surface area (Å²) >= 11 is 0. The zero-order valence-electron chi connectivity index (χ0n) is 19.7. The average molecular weight is 461 g/mol. The summed E-state index contributed by atoms with van der Waals surface area (Å²) in [5, 5.41) is 14.1. The molecule has 2 heterocycles. The summed E-state index contributed by atoms with van der Waals surface area (Å²) in [4.78, 5) is 33.5. The first-order valence-corrected chi connectivity index (χ1v) is 12.3. The van der Waals surface area contributed by atoms with E-state index in [0.29, 0.717) is 18.1 Å². The summed E-state index contributed by atoms with van der Waals surface area (Å²) in [6.07, 6.45) is 10.9. The third-order valence-electron chi connectivity index (χ3n) is 6.55. The van der Waals surface area contributed by atoms with Gasteiger partial charge in [0.05, 0.1) is 17.8 Å². The van der Waals surface area contributed by atoms with Gasteiger partial charge in [-0.15, -0.1) is 5.10 Å². The van der Waals surface area contributed by atoms with Crippen LogP contribution in [0.1, 0.15) is 90.7 Å². The number of benzene rings is 1. The lowest BCUT2D eigenvalue weighted by molar-refractivity contribution is 0.0697. The second-order valence-corrected chi connectivity index (χ2v) is 9.07. The SMILES string of the molecule is CCCCCc1nc(C(=O)C2CCCCC2)nn1Cc1ccc(-c2ncccc2C(=O)O)cc1. The maximum atomic E-state index is 13.0. The third-order valence-corrected chi connectivity index (χ3v) is 6.55. The molecule has 1 aromatic carbocycles. The Morgan fingerprint density at radius 1 is 1.06 bits per heavy atom. The molecule has 1 saturated carbocycles. The summed E-state index contributed by atoms with van der Waals surface area (Å²) in [5.74, 6) is 0.349. The van der Waals surface area contributed by atoms with Crippen LogP contribution in [0.15, 0.2) is 42.6 Å². The molecule has 0 saturated heterocycles. The van der Waals surface area contributed by atoms with Crippen LogP contribution in [0.25, 0.3) is 11.3 Å². The van der Waals surface area contributed by atoms with Gasteiger partial charge in [0.2, 0.25) is 11.6 Å². The number of rotatable bonds is 10. The van der Waals surface area contributed by atoms with Crippen molar-refractivity contribution in [3.63, 3.8) is 0 Å². The lowest BCUT2D eigenvalue weighted by Crippen LogP contribution is -2.19. The molecule has 4 rings (SSSR count). The Bertz CT molecular complexity index is 1130. The van der Waals surface area contributed by atoms with Gasteiger partial charge in [0.25, 0.3) is 0 Å². The lowest BCUT2D eigenvalue weighted by atomic mass is 9.86. The van der Waals surface area contributed by atoms with Crippen molar-refractivity contribution < 1.29 is 14.7 Å². The number of pyridine rings is 1. The molecule has 7 nitrogen and oxygen atoms in total. The molecule has 1 fully saturated rings. The van der Waals surface area contributed by atoms with Crippen molar-refractivity contribution in [1.29, 1.82) is 0 Å². The van der Waals surface area contributed by atoms with Crippen LogP contribution in [0.3, 0.4) is 0 Å². The summed E-state index contributed by atoms with van der Waals surface area (Å²) < 4.78 is 1.87. The van der Waals surface area contributed by atoms with E-state index in [1.165, 1.54) is 6.42 Å². The minimum absolute atomic E-state index is 0.0502. The maximum absolute atomic E-state index is 13.0. The summed E-state index contributed by atoms with van der Waals surface area (Å²) in [6, 6.07) is 10.9. The summed E-state index contributed by atoms with van der Waals surface area (Å²) in [6.45, 7) is 2.68. The lowest BCUT2D eigenvalue weighted by Gasteiger charge is -2.18. The second kappa shape index (κ2) is 11.2. The predicted molar refractivity (Wildman–Crippen MR) is 130 cm³/mol. The number of aromatic carboxylic acids is 1. The van der Waals surface area contributed by atoms with Crippen LogP contribution in [-0.4, -0.2) is 36.6 Å². The van der Waals surface area contributed by atoms with E-state index in [4.69, 9.17) is 0 Å². The van der Waals surface area contributed by atoms with E-state index < -0.39 is 5.97 Å². The van der Waals surface area contributed by atoms with Gasteiger partial charge < -0.3 is 5.11 Å². The Hall–Kier alpha value is -3.35. The van der Waals surface area contributed by atoms with Crippen LogP contribution in [0, 0.1) is 5.92 Å². The van der Waals surface area contributed by atoms with Crippen LogP contribution in [-0.2, 0) is 13.0 Å². The Balaban J connectivity index is 1.55. The van der Waals surface area contributed by atoms with E-state index in [2.05, 4.69) is 22.0 Å². The number of carboxylic acids is 1. The van der Waals surface area contributed by atoms with E-state index >= 15 is 0 Å². The molecule has 0 aliphatic heterocycles. The fraction of sp³-hybridized carbons (Fsp3) is 0.444. The number of hydrogen-bond donors (Lipinski definition) is 1. The first-order valence-electron chi connectivity index (χ1n) is 12.3. The number of nitrogens with zero attached hydrogens (tertiary/aromatic N) is 4. The van der Waals surface area contributed by atoms with Crippen molar-refractivity contribution in [1.82, 2.24) is 19.7 Å². The molecule has 0 atom stereocenters. The van der Waals surface area contributed by atoms with Gasteiger partial charge in [0, 0.05) is 24.1 Å². The standard InChI is InChI=1S/C27H32N4O3/c1-2-3-5-12-23-29-26(25(32)21-9-6-4-7-10-21)30-31(23)18-19-13-15-20(16-14-19)24-22(27(33)34)11-8-17-28-24/h8,11,13-17,21H,2-7,9-10,12,18H2,1H3,(H,33,34). The number of ketones is 1. The van der Waals surface area contributed by atoms with Crippen LogP contribution < -0.4 is 0 Å². The molecule has 0 bridgehead atoms. The molecular weight excluding hydrogens is 428 g/mol. The summed E-state index contributed by atoms with van der Waals surface area (Å²) in [7, 11) is 0. The molecule has 0 amide bonds. The van der Waals surface area contributed by atoms with Gasteiger partial charge in [-0.25, -0.2) is 14.5 Å². The van der Waals surface area contributed by atoms with Crippen molar-refractivity contribution >= 4 is 11.8 Å². The second-order valence-electron chi connectivity index (χ2n) is 9.07. The number of unbranched alkanes of at least 4 members (excludes halogenated alkanes) is 2. The van der Waals surface area contributed by atoms with Crippen molar-refractivity contribution in [3.05, 3.63) is 65.4 Å². The monoisotopic (exact) mass is 460 g/mol. The zero-order chi connectivity index (χ0) is 23.9. The predicted octanol–water partition coefficient (Wildman–Crippen LogP) is 5.58. The topological polar surface area (TPSA) is 98.0 Å². The van der Waals surface area contributed by atoms with Gasteiger partial charge in [0.1, 0.15) is 5.82 Å². The minimum atomic E-state index is -0.998. The van der Waals surface area contributed by atoms with Crippen LogP contribution in [0.5, 0.6) is 0 Å². The molecular formula is C27H32N4O3. The summed E-state index contributed by atoms with van der Waals surface area (Å²) in [5.41, 5.74) is 2.38. The van der Waals surface area contributed by atoms with Gasteiger partial charge in [0.15, 0.2) is 0 Å².